The third-order valence-electron chi connectivity index (χ3n) is 1.87. The second-order valence-corrected chi connectivity index (χ2v) is 3.31. The van der Waals surface area contributed by atoms with Gasteiger partial charge in [-0.2, -0.15) is 12.6 Å². The largest absolute Gasteiger partial charge is 0.304 e. The molecule has 11 heavy (non-hydrogen) atoms. The van der Waals surface area contributed by atoms with Crippen molar-refractivity contribution in [2.45, 2.75) is 33.1 Å². The first-order valence-corrected chi connectivity index (χ1v) is 5.31. The van der Waals surface area contributed by atoms with Crippen LogP contribution in [0.15, 0.2) is 0 Å². The van der Waals surface area contributed by atoms with E-state index >= 15 is 0 Å². The first-order chi connectivity index (χ1) is 5.35. The molecule has 0 saturated heterocycles. The van der Waals surface area contributed by atoms with Crippen LogP contribution in [0, 0.1) is 0 Å². The lowest BCUT2D eigenvalue weighted by atomic mass is 10.3. The van der Waals surface area contributed by atoms with Crippen molar-refractivity contribution in [3.63, 3.8) is 0 Å². The fraction of sp³-hybridized carbons (Fsp3) is 1.00. The zero-order valence-electron chi connectivity index (χ0n) is 7.84. The summed E-state index contributed by atoms with van der Waals surface area (Å²) in [5.41, 5.74) is 0. The van der Waals surface area contributed by atoms with Crippen molar-refractivity contribution in [2.75, 3.05) is 25.4 Å². The van der Waals surface area contributed by atoms with Crippen LogP contribution in [-0.4, -0.2) is 30.3 Å². The summed E-state index contributed by atoms with van der Waals surface area (Å²) in [6, 6.07) is 0. The highest BCUT2D eigenvalue weighted by Crippen LogP contribution is 1.97. The van der Waals surface area contributed by atoms with E-state index in [0.717, 1.165) is 5.75 Å². The van der Waals surface area contributed by atoms with E-state index in [-0.39, 0.29) is 0 Å². The lowest BCUT2D eigenvalue weighted by Crippen LogP contribution is -2.25. The number of thiol groups is 1. The molecule has 0 aliphatic heterocycles. The second kappa shape index (κ2) is 8.41. The molecule has 0 saturated carbocycles. The molecule has 0 aromatic carbocycles. The van der Waals surface area contributed by atoms with Crippen molar-refractivity contribution in [3.8, 4) is 0 Å². The number of nitrogens with zero attached hydrogens (tertiary/aromatic N) is 1. The second-order valence-electron chi connectivity index (χ2n) is 2.86. The van der Waals surface area contributed by atoms with E-state index in [1.165, 1.54) is 38.9 Å². The molecule has 0 rings (SSSR count). The van der Waals surface area contributed by atoms with Crippen LogP contribution in [0.5, 0.6) is 0 Å². The van der Waals surface area contributed by atoms with Crippen LogP contribution in [0.25, 0.3) is 0 Å². The van der Waals surface area contributed by atoms with Crippen LogP contribution in [0.1, 0.15) is 33.1 Å². The first-order valence-electron chi connectivity index (χ1n) is 4.68. The van der Waals surface area contributed by atoms with Gasteiger partial charge in [-0.1, -0.05) is 13.8 Å². The average molecular weight is 175 g/mol. The molecule has 0 spiro atoms. The third-order valence-corrected chi connectivity index (χ3v) is 2.19. The van der Waals surface area contributed by atoms with Gasteiger partial charge >= 0.3 is 0 Å². The fourth-order valence-corrected chi connectivity index (χ4v) is 1.42. The van der Waals surface area contributed by atoms with E-state index in [9.17, 15) is 0 Å². The molecule has 0 atom stereocenters. The van der Waals surface area contributed by atoms with Gasteiger partial charge in [0.25, 0.3) is 0 Å². The van der Waals surface area contributed by atoms with Gasteiger partial charge in [-0.05, 0) is 44.6 Å². The Morgan fingerprint density at radius 1 is 1.09 bits per heavy atom. The maximum absolute atomic E-state index is 4.19. The van der Waals surface area contributed by atoms with Gasteiger partial charge in [0.15, 0.2) is 0 Å². The van der Waals surface area contributed by atoms with E-state index in [1.807, 2.05) is 0 Å². The molecule has 0 fully saturated rings. The van der Waals surface area contributed by atoms with Gasteiger partial charge in [-0.15, -0.1) is 0 Å². The number of unbranched alkanes of at least 4 members (excludes halogenated alkanes) is 1. The molecule has 2 heteroatoms. The molecule has 68 valence electrons. The summed E-state index contributed by atoms with van der Waals surface area (Å²) in [6.07, 6.45) is 3.83. The monoisotopic (exact) mass is 175 g/mol. The van der Waals surface area contributed by atoms with Crippen LogP contribution in [0.3, 0.4) is 0 Å². The van der Waals surface area contributed by atoms with Crippen molar-refractivity contribution < 1.29 is 0 Å². The number of rotatable bonds is 7. The SMILES string of the molecule is CCCN(CC)CCCCS. The molecule has 0 amide bonds. The van der Waals surface area contributed by atoms with Crippen LogP contribution in [-0.2, 0) is 0 Å². The summed E-state index contributed by atoms with van der Waals surface area (Å²) in [4.78, 5) is 2.50. The van der Waals surface area contributed by atoms with Gasteiger partial charge in [0.05, 0.1) is 0 Å². The van der Waals surface area contributed by atoms with Crippen molar-refractivity contribution in [1.82, 2.24) is 4.90 Å². The van der Waals surface area contributed by atoms with E-state index in [2.05, 4.69) is 31.4 Å². The average Bonchev–Trinajstić information content (AvgIpc) is 2.03. The van der Waals surface area contributed by atoms with Gasteiger partial charge < -0.3 is 4.90 Å². The molecular formula is C9H21NS. The molecule has 0 aromatic heterocycles. The van der Waals surface area contributed by atoms with Crippen LogP contribution >= 0.6 is 12.6 Å². The summed E-state index contributed by atoms with van der Waals surface area (Å²) < 4.78 is 0. The van der Waals surface area contributed by atoms with Gasteiger partial charge in [-0.25, -0.2) is 0 Å². The Morgan fingerprint density at radius 2 is 1.82 bits per heavy atom. The van der Waals surface area contributed by atoms with Crippen molar-refractivity contribution >= 4 is 12.6 Å². The van der Waals surface area contributed by atoms with Crippen molar-refractivity contribution in [1.29, 1.82) is 0 Å². The number of hydrogen-bond acceptors (Lipinski definition) is 2. The van der Waals surface area contributed by atoms with E-state index < -0.39 is 0 Å². The Bertz CT molecular complexity index is 76.0. The minimum atomic E-state index is 1.03. The van der Waals surface area contributed by atoms with Gasteiger partial charge in [-0.3, -0.25) is 0 Å². The molecule has 0 aromatic rings. The Balaban J connectivity index is 3.20. The third kappa shape index (κ3) is 6.70. The standard InChI is InChI=1S/C9H21NS/c1-3-7-10(4-2)8-5-6-9-11/h11H,3-9H2,1-2H3. The summed E-state index contributed by atoms with van der Waals surface area (Å²) in [7, 11) is 0. The smallest absolute Gasteiger partial charge is 0.00186 e. The minimum absolute atomic E-state index is 1.03. The van der Waals surface area contributed by atoms with Crippen molar-refractivity contribution in [2.24, 2.45) is 0 Å². The van der Waals surface area contributed by atoms with Gasteiger partial charge in [0, 0.05) is 0 Å². The predicted molar refractivity (Wildman–Crippen MR) is 55.5 cm³/mol. The molecular weight excluding hydrogens is 154 g/mol. The minimum Gasteiger partial charge on any atom is -0.304 e. The molecule has 1 nitrogen and oxygen atoms in total. The van der Waals surface area contributed by atoms with E-state index in [1.54, 1.807) is 0 Å². The zero-order chi connectivity index (χ0) is 8.53. The van der Waals surface area contributed by atoms with Crippen LogP contribution < -0.4 is 0 Å². The van der Waals surface area contributed by atoms with Gasteiger partial charge in [0.2, 0.25) is 0 Å². The van der Waals surface area contributed by atoms with E-state index in [4.69, 9.17) is 0 Å². The number of hydrogen-bond donors (Lipinski definition) is 1. The fourth-order valence-electron chi connectivity index (χ4n) is 1.19. The van der Waals surface area contributed by atoms with Crippen molar-refractivity contribution in [3.05, 3.63) is 0 Å². The first kappa shape index (κ1) is 11.3. The molecule has 0 aliphatic carbocycles. The highest BCUT2D eigenvalue weighted by molar-refractivity contribution is 7.80. The lowest BCUT2D eigenvalue weighted by molar-refractivity contribution is 0.284. The van der Waals surface area contributed by atoms with Gasteiger partial charge in [0.1, 0.15) is 0 Å². The lowest BCUT2D eigenvalue weighted by Gasteiger charge is -2.18. The summed E-state index contributed by atoms with van der Waals surface area (Å²) >= 11 is 4.19. The predicted octanol–water partition coefficient (Wildman–Crippen LogP) is 2.43. The highest BCUT2D eigenvalue weighted by Gasteiger charge is 1.98. The normalized spacial score (nSPS) is 10.9. The quantitative estimate of drug-likeness (QED) is 0.459. The molecule has 0 unspecified atom stereocenters. The summed E-state index contributed by atoms with van der Waals surface area (Å²) in [6.45, 7) is 8.17. The van der Waals surface area contributed by atoms with Crippen LogP contribution in [0.4, 0.5) is 0 Å². The maximum Gasteiger partial charge on any atom is -0.00186 e. The highest BCUT2D eigenvalue weighted by atomic mass is 32.1. The Kier molecular flexibility index (Phi) is 8.64. The Labute approximate surface area is 76.6 Å². The topological polar surface area (TPSA) is 3.24 Å². The summed E-state index contributed by atoms with van der Waals surface area (Å²) in [5, 5.41) is 0. The molecule has 0 heterocycles. The zero-order valence-corrected chi connectivity index (χ0v) is 8.74. The molecule has 0 N–H and O–H groups in total. The van der Waals surface area contributed by atoms with E-state index in [0.29, 0.717) is 0 Å². The van der Waals surface area contributed by atoms with Crippen LogP contribution in [0.2, 0.25) is 0 Å². The summed E-state index contributed by atoms with van der Waals surface area (Å²) in [5.74, 6) is 1.03. The maximum atomic E-state index is 4.19. The Morgan fingerprint density at radius 3 is 2.27 bits per heavy atom. The molecule has 0 aliphatic rings. The molecule has 0 bridgehead atoms. The Hall–Kier alpha value is 0.310. The molecule has 0 radical (unpaired) electrons.